The molecule has 1 aromatic carbocycles. The number of aryl methyl sites for hydroxylation is 2. The Morgan fingerprint density at radius 3 is 2.39 bits per heavy atom. The number of benzene rings is 1. The highest BCUT2D eigenvalue weighted by Gasteiger charge is 2.11. The van der Waals surface area contributed by atoms with Crippen molar-refractivity contribution in [2.45, 2.75) is 40.2 Å². The summed E-state index contributed by atoms with van der Waals surface area (Å²) in [5.74, 6) is 0. The third-order valence-corrected chi connectivity index (χ3v) is 3.06. The minimum atomic E-state index is 0.0557. The summed E-state index contributed by atoms with van der Waals surface area (Å²) in [4.78, 5) is 0. The Labute approximate surface area is 108 Å². The van der Waals surface area contributed by atoms with E-state index in [2.05, 4.69) is 44.1 Å². The highest BCUT2D eigenvalue weighted by molar-refractivity contribution is 5.41. The first kappa shape index (κ1) is 12.8. The first-order chi connectivity index (χ1) is 8.65. The molecule has 3 heteroatoms. The van der Waals surface area contributed by atoms with Gasteiger partial charge < -0.3 is 5.11 Å². The van der Waals surface area contributed by atoms with Crippen molar-refractivity contribution in [1.82, 2.24) is 9.78 Å². The van der Waals surface area contributed by atoms with E-state index >= 15 is 0 Å². The average Bonchev–Trinajstić information content (AvgIpc) is 2.71. The van der Waals surface area contributed by atoms with Gasteiger partial charge >= 0.3 is 0 Å². The zero-order valence-corrected chi connectivity index (χ0v) is 11.3. The van der Waals surface area contributed by atoms with E-state index in [1.54, 1.807) is 6.20 Å². The van der Waals surface area contributed by atoms with Gasteiger partial charge in [-0.1, -0.05) is 19.4 Å². The molecule has 0 saturated carbocycles. The average molecular weight is 244 g/mol. The van der Waals surface area contributed by atoms with Crippen molar-refractivity contribution >= 4 is 0 Å². The highest BCUT2D eigenvalue weighted by Crippen LogP contribution is 2.19. The fourth-order valence-corrected chi connectivity index (χ4v) is 2.34. The normalized spacial score (nSPS) is 10.9. The Hall–Kier alpha value is -1.61. The van der Waals surface area contributed by atoms with Crippen molar-refractivity contribution in [3.05, 3.63) is 46.8 Å². The molecule has 0 aliphatic heterocycles. The van der Waals surface area contributed by atoms with Gasteiger partial charge in [0.2, 0.25) is 0 Å². The maximum Gasteiger partial charge on any atom is 0.0715 e. The number of hydrogen-bond acceptors (Lipinski definition) is 2. The quantitative estimate of drug-likeness (QED) is 0.898. The van der Waals surface area contributed by atoms with E-state index in [9.17, 15) is 5.11 Å². The van der Waals surface area contributed by atoms with Crippen molar-refractivity contribution < 1.29 is 5.11 Å². The lowest BCUT2D eigenvalue weighted by atomic mass is 10.1. The molecular formula is C15H20N2O. The van der Waals surface area contributed by atoms with Crippen molar-refractivity contribution in [1.29, 1.82) is 0 Å². The molecule has 18 heavy (non-hydrogen) atoms. The zero-order chi connectivity index (χ0) is 13.1. The molecule has 0 spiro atoms. The van der Waals surface area contributed by atoms with E-state index in [0.717, 1.165) is 29.8 Å². The Morgan fingerprint density at radius 2 is 1.83 bits per heavy atom. The fourth-order valence-electron chi connectivity index (χ4n) is 2.34. The molecule has 2 aromatic rings. The van der Waals surface area contributed by atoms with Gasteiger partial charge in [0.1, 0.15) is 0 Å². The van der Waals surface area contributed by atoms with E-state index in [1.165, 1.54) is 11.1 Å². The number of aliphatic hydroxyl groups excluding tert-OH is 1. The molecule has 1 aromatic heterocycles. The van der Waals surface area contributed by atoms with Gasteiger partial charge in [0, 0.05) is 11.3 Å². The Bertz CT molecular complexity index is 523. The Balaban J connectivity index is 2.52. The van der Waals surface area contributed by atoms with Crippen LogP contribution in [0.4, 0.5) is 0 Å². The Morgan fingerprint density at radius 1 is 1.17 bits per heavy atom. The maximum absolute atomic E-state index is 9.36. The van der Waals surface area contributed by atoms with Gasteiger partial charge in [-0.15, -0.1) is 0 Å². The van der Waals surface area contributed by atoms with Gasteiger partial charge in [-0.3, -0.25) is 0 Å². The van der Waals surface area contributed by atoms with Crippen LogP contribution in [0.1, 0.15) is 35.7 Å². The maximum atomic E-state index is 9.36. The molecule has 0 bridgehead atoms. The predicted molar refractivity (Wildman–Crippen MR) is 73.0 cm³/mol. The summed E-state index contributed by atoms with van der Waals surface area (Å²) in [6.45, 7) is 6.37. The monoisotopic (exact) mass is 244 g/mol. The molecule has 0 atom stereocenters. The molecule has 0 amide bonds. The molecule has 0 aliphatic carbocycles. The van der Waals surface area contributed by atoms with Gasteiger partial charge in [-0.25, -0.2) is 4.68 Å². The summed E-state index contributed by atoms with van der Waals surface area (Å²) in [5, 5.41) is 13.8. The predicted octanol–water partition coefficient (Wildman–Crippen LogP) is 2.93. The van der Waals surface area contributed by atoms with Crippen LogP contribution in [-0.4, -0.2) is 14.9 Å². The smallest absolute Gasteiger partial charge is 0.0715 e. The van der Waals surface area contributed by atoms with Crippen molar-refractivity contribution in [3.63, 3.8) is 0 Å². The lowest BCUT2D eigenvalue weighted by molar-refractivity contribution is 0.280. The van der Waals surface area contributed by atoms with E-state index in [0.29, 0.717) is 0 Å². The van der Waals surface area contributed by atoms with Crippen molar-refractivity contribution in [3.8, 4) is 5.69 Å². The van der Waals surface area contributed by atoms with Crippen LogP contribution in [-0.2, 0) is 13.0 Å². The summed E-state index contributed by atoms with van der Waals surface area (Å²) < 4.78 is 1.95. The number of aliphatic hydroxyl groups is 1. The van der Waals surface area contributed by atoms with Gasteiger partial charge in [-0.2, -0.15) is 5.10 Å². The largest absolute Gasteiger partial charge is 0.392 e. The fraction of sp³-hybridized carbons (Fsp3) is 0.400. The molecule has 1 N–H and O–H groups in total. The Kier molecular flexibility index (Phi) is 3.82. The number of rotatable bonds is 4. The van der Waals surface area contributed by atoms with Gasteiger partial charge in [-0.05, 0) is 43.5 Å². The van der Waals surface area contributed by atoms with Crippen LogP contribution >= 0.6 is 0 Å². The lowest BCUT2D eigenvalue weighted by Gasteiger charge is -2.10. The summed E-state index contributed by atoms with van der Waals surface area (Å²) in [6, 6.07) is 6.40. The molecule has 0 fully saturated rings. The van der Waals surface area contributed by atoms with Crippen molar-refractivity contribution in [2.24, 2.45) is 0 Å². The second-order valence-electron chi connectivity index (χ2n) is 4.78. The van der Waals surface area contributed by atoms with E-state index < -0.39 is 0 Å². The van der Waals surface area contributed by atoms with Crippen molar-refractivity contribution in [2.75, 3.05) is 0 Å². The number of aromatic nitrogens is 2. The van der Waals surface area contributed by atoms with Crippen LogP contribution in [0.5, 0.6) is 0 Å². The molecule has 0 aliphatic rings. The molecular weight excluding hydrogens is 224 g/mol. The first-order valence-corrected chi connectivity index (χ1v) is 6.41. The first-order valence-electron chi connectivity index (χ1n) is 6.41. The van der Waals surface area contributed by atoms with Crippen LogP contribution < -0.4 is 0 Å². The second-order valence-corrected chi connectivity index (χ2v) is 4.78. The summed E-state index contributed by atoms with van der Waals surface area (Å²) in [7, 11) is 0. The minimum Gasteiger partial charge on any atom is -0.392 e. The standard InChI is InChI=1S/C15H20N2O/c1-4-5-15-13(10-18)9-16-17(15)14-7-11(2)6-12(3)8-14/h6-9,18H,4-5,10H2,1-3H3. The van der Waals surface area contributed by atoms with Gasteiger partial charge in [0.05, 0.1) is 18.5 Å². The summed E-state index contributed by atoms with van der Waals surface area (Å²) >= 11 is 0. The van der Waals surface area contributed by atoms with Gasteiger partial charge in [0.15, 0.2) is 0 Å². The second kappa shape index (κ2) is 5.36. The van der Waals surface area contributed by atoms with Crippen LogP contribution in [0.3, 0.4) is 0 Å². The van der Waals surface area contributed by atoms with Crippen LogP contribution in [0, 0.1) is 13.8 Å². The van der Waals surface area contributed by atoms with Crippen LogP contribution in [0.15, 0.2) is 24.4 Å². The highest BCUT2D eigenvalue weighted by atomic mass is 16.3. The summed E-state index contributed by atoms with van der Waals surface area (Å²) in [6.07, 6.45) is 3.75. The molecule has 96 valence electrons. The van der Waals surface area contributed by atoms with E-state index in [-0.39, 0.29) is 6.61 Å². The molecule has 0 unspecified atom stereocenters. The molecule has 3 nitrogen and oxygen atoms in total. The van der Waals surface area contributed by atoms with Gasteiger partial charge in [0.25, 0.3) is 0 Å². The lowest BCUT2D eigenvalue weighted by Crippen LogP contribution is -2.04. The molecule has 0 radical (unpaired) electrons. The summed E-state index contributed by atoms with van der Waals surface area (Å²) in [5.41, 5.74) is 5.58. The zero-order valence-electron chi connectivity index (χ0n) is 11.3. The third-order valence-electron chi connectivity index (χ3n) is 3.06. The third kappa shape index (κ3) is 2.46. The minimum absolute atomic E-state index is 0.0557. The van der Waals surface area contributed by atoms with E-state index in [4.69, 9.17) is 0 Å². The van der Waals surface area contributed by atoms with Crippen LogP contribution in [0.25, 0.3) is 5.69 Å². The SMILES string of the molecule is CCCc1c(CO)cnn1-c1cc(C)cc(C)c1. The molecule has 2 rings (SSSR count). The topological polar surface area (TPSA) is 38.1 Å². The van der Waals surface area contributed by atoms with Crippen LogP contribution in [0.2, 0.25) is 0 Å². The van der Waals surface area contributed by atoms with E-state index in [1.807, 2.05) is 4.68 Å². The molecule has 1 heterocycles. The number of hydrogen-bond donors (Lipinski definition) is 1. The number of nitrogens with zero attached hydrogens (tertiary/aromatic N) is 2. The molecule has 0 saturated heterocycles.